The fourth-order valence-corrected chi connectivity index (χ4v) is 3.74. The maximum absolute atomic E-state index is 14.5. The van der Waals surface area contributed by atoms with Crippen molar-refractivity contribution in [3.8, 4) is 11.5 Å². The van der Waals surface area contributed by atoms with E-state index >= 15 is 0 Å². The molecule has 1 aliphatic heterocycles. The summed E-state index contributed by atoms with van der Waals surface area (Å²) in [5, 5.41) is 3.35. The first-order chi connectivity index (χ1) is 15.6. The number of carbonyl (C=O) groups excluding carboxylic acids is 1. The monoisotopic (exact) mass is 428 g/mol. The number of hydrogen-bond acceptors (Lipinski definition) is 3. The molecule has 0 aromatic heterocycles. The Morgan fingerprint density at radius 1 is 0.812 bits per heavy atom. The molecular weight excluding hydrogens is 410 g/mol. The van der Waals surface area contributed by atoms with E-state index in [4.69, 9.17) is 4.74 Å². The average molecular weight is 428 g/mol. The van der Waals surface area contributed by atoms with Gasteiger partial charge in [0.2, 0.25) is 0 Å². The molecule has 0 aliphatic carbocycles. The van der Waals surface area contributed by atoms with Gasteiger partial charge in [-0.25, -0.2) is 8.78 Å². The number of ether oxygens (including phenoxy) is 1. The highest BCUT2D eigenvalue weighted by molar-refractivity contribution is 6.12. The predicted molar refractivity (Wildman–Crippen MR) is 119 cm³/mol. The van der Waals surface area contributed by atoms with Gasteiger partial charge in [-0.2, -0.15) is 0 Å². The smallest absolute Gasteiger partial charge is 0.262 e. The molecule has 1 heterocycles. The molecule has 0 bridgehead atoms. The first kappa shape index (κ1) is 19.8. The fraction of sp³-hybridized carbons (Fsp3) is 0.0385. The number of anilines is 2. The van der Waals surface area contributed by atoms with Crippen molar-refractivity contribution in [3.05, 3.63) is 120 Å². The molecule has 5 rings (SSSR count). The number of nitrogens with one attached hydrogen (secondary N) is 1. The molecule has 0 saturated heterocycles. The Bertz CT molecular complexity index is 1280. The van der Waals surface area contributed by atoms with E-state index in [1.807, 2.05) is 18.2 Å². The normalized spacial score (nSPS) is 15.1. The van der Waals surface area contributed by atoms with E-state index in [-0.39, 0.29) is 11.7 Å². The van der Waals surface area contributed by atoms with Gasteiger partial charge in [-0.05, 0) is 66.2 Å². The number of para-hydroxylation sites is 2. The van der Waals surface area contributed by atoms with Crippen molar-refractivity contribution >= 4 is 17.3 Å². The highest BCUT2D eigenvalue weighted by Gasteiger charge is 2.34. The lowest BCUT2D eigenvalue weighted by Gasteiger charge is -2.38. The highest BCUT2D eigenvalue weighted by Crippen LogP contribution is 2.38. The summed E-state index contributed by atoms with van der Waals surface area (Å²) < 4.78 is 33.8. The van der Waals surface area contributed by atoms with E-state index in [1.54, 1.807) is 60.7 Å². The van der Waals surface area contributed by atoms with Crippen molar-refractivity contribution in [2.75, 3.05) is 10.2 Å². The van der Waals surface area contributed by atoms with Crippen LogP contribution in [0.4, 0.5) is 20.2 Å². The minimum Gasteiger partial charge on any atom is -0.454 e. The third kappa shape index (κ3) is 3.67. The number of carbonyl (C=O) groups is 1. The Labute approximate surface area is 183 Å². The van der Waals surface area contributed by atoms with Crippen LogP contribution >= 0.6 is 0 Å². The zero-order valence-corrected chi connectivity index (χ0v) is 16.8. The summed E-state index contributed by atoms with van der Waals surface area (Å²) in [6.07, 6.45) is -0.651. The fourth-order valence-electron chi connectivity index (χ4n) is 3.74. The number of halogens is 2. The number of rotatable bonds is 4. The van der Waals surface area contributed by atoms with Crippen molar-refractivity contribution in [1.82, 2.24) is 0 Å². The summed E-state index contributed by atoms with van der Waals surface area (Å²) in [4.78, 5) is 14.9. The summed E-state index contributed by atoms with van der Waals surface area (Å²) in [6, 6.07) is 26.2. The molecule has 1 atom stereocenters. The molecule has 0 saturated carbocycles. The summed E-state index contributed by atoms with van der Waals surface area (Å²) in [5.41, 5.74) is 2.29. The Morgan fingerprint density at radius 3 is 2.31 bits per heavy atom. The van der Waals surface area contributed by atoms with Gasteiger partial charge >= 0.3 is 0 Å². The lowest BCUT2D eigenvalue weighted by molar-refractivity contribution is 0.0975. The second kappa shape index (κ2) is 8.15. The maximum atomic E-state index is 14.5. The third-order valence-corrected chi connectivity index (χ3v) is 5.27. The summed E-state index contributed by atoms with van der Waals surface area (Å²) in [6.45, 7) is 0. The number of hydrogen-bond donors (Lipinski definition) is 1. The Hall–Kier alpha value is -4.19. The zero-order valence-electron chi connectivity index (χ0n) is 16.8. The van der Waals surface area contributed by atoms with Gasteiger partial charge in [0.25, 0.3) is 5.91 Å². The molecule has 158 valence electrons. The highest BCUT2D eigenvalue weighted by atomic mass is 19.1. The molecule has 0 fully saturated rings. The summed E-state index contributed by atoms with van der Waals surface area (Å²) >= 11 is 0. The number of nitrogens with zero attached hydrogens (tertiary/aromatic N) is 1. The van der Waals surface area contributed by atoms with Crippen LogP contribution in [0.25, 0.3) is 0 Å². The summed E-state index contributed by atoms with van der Waals surface area (Å²) in [7, 11) is 0. The molecule has 1 amide bonds. The molecule has 6 heteroatoms. The van der Waals surface area contributed by atoms with Gasteiger partial charge in [0.1, 0.15) is 17.7 Å². The van der Waals surface area contributed by atoms with Crippen LogP contribution in [0.2, 0.25) is 0 Å². The molecule has 4 aromatic carbocycles. The van der Waals surface area contributed by atoms with Crippen LogP contribution in [0, 0.1) is 11.6 Å². The lowest BCUT2D eigenvalue weighted by Crippen LogP contribution is -2.43. The molecule has 1 N–H and O–H groups in total. The molecule has 32 heavy (non-hydrogen) atoms. The largest absolute Gasteiger partial charge is 0.454 e. The van der Waals surface area contributed by atoms with Gasteiger partial charge in [0.05, 0.1) is 5.56 Å². The van der Waals surface area contributed by atoms with Gasteiger partial charge in [0.15, 0.2) is 11.6 Å². The van der Waals surface area contributed by atoms with E-state index in [0.717, 1.165) is 0 Å². The van der Waals surface area contributed by atoms with E-state index in [2.05, 4.69) is 5.32 Å². The van der Waals surface area contributed by atoms with E-state index < -0.39 is 17.8 Å². The average Bonchev–Trinajstić information content (AvgIpc) is 2.82. The Morgan fingerprint density at radius 2 is 1.53 bits per heavy atom. The molecule has 0 spiro atoms. The second-order valence-electron chi connectivity index (χ2n) is 7.35. The Balaban J connectivity index is 1.59. The van der Waals surface area contributed by atoms with Gasteiger partial charge < -0.3 is 10.1 Å². The molecule has 4 nitrogen and oxygen atoms in total. The van der Waals surface area contributed by atoms with Crippen molar-refractivity contribution < 1.29 is 18.3 Å². The SMILES string of the molecule is O=C1c2ccccc2N[C@@H](c2ccc(F)c(Oc3ccccc3)c2)N1c1ccc(F)cc1. The third-order valence-electron chi connectivity index (χ3n) is 5.27. The van der Waals surface area contributed by atoms with Gasteiger partial charge in [-0.3, -0.25) is 9.69 Å². The maximum Gasteiger partial charge on any atom is 0.262 e. The van der Waals surface area contributed by atoms with Crippen molar-refractivity contribution in [1.29, 1.82) is 0 Å². The quantitative estimate of drug-likeness (QED) is 0.402. The number of amides is 1. The predicted octanol–water partition coefficient (Wildman–Crippen LogP) is 6.53. The molecule has 4 aromatic rings. The van der Waals surface area contributed by atoms with Crippen LogP contribution in [0.15, 0.2) is 97.1 Å². The van der Waals surface area contributed by atoms with Crippen LogP contribution in [0.3, 0.4) is 0 Å². The van der Waals surface area contributed by atoms with Crippen molar-refractivity contribution in [2.45, 2.75) is 6.17 Å². The van der Waals surface area contributed by atoms with E-state index in [0.29, 0.717) is 28.3 Å². The zero-order chi connectivity index (χ0) is 22.1. The lowest BCUT2D eigenvalue weighted by atomic mass is 10.0. The topological polar surface area (TPSA) is 41.6 Å². The minimum atomic E-state index is -0.651. The summed E-state index contributed by atoms with van der Waals surface area (Å²) in [5.74, 6) is -0.624. The standard InChI is InChI=1S/C26H18F2N2O2/c27-18-11-13-19(14-12-18)30-25(29-23-9-5-4-8-21(23)26(30)31)17-10-15-22(28)24(16-17)32-20-6-2-1-3-7-20/h1-16,25,29H/t25-/m1/s1. The van der Waals surface area contributed by atoms with E-state index in [1.165, 1.54) is 23.1 Å². The van der Waals surface area contributed by atoms with Crippen LogP contribution in [-0.2, 0) is 0 Å². The van der Waals surface area contributed by atoms with Crippen LogP contribution < -0.4 is 15.0 Å². The molecule has 0 unspecified atom stereocenters. The van der Waals surface area contributed by atoms with Crippen LogP contribution in [0.1, 0.15) is 22.1 Å². The first-order valence-corrected chi connectivity index (χ1v) is 10.1. The van der Waals surface area contributed by atoms with Crippen LogP contribution in [-0.4, -0.2) is 5.91 Å². The van der Waals surface area contributed by atoms with E-state index in [9.17, 15) is 13.6 Å². The van der Waals surface area contributed by atoms with Crippen molar-refractivity contribution in [2.24, 2.45) is 0 Å². The Kier molecular flexibility index (Phi) is 5.03. The van der Waals surface area contributed by atoms with Gasteiger partial charge in [-0.1, -0.05) is 36.4 Å². The molecular formula is C26H18F2N2O2. The first-order valence-electron chi connectivity index (χ1n) is 10.1. The number of benzene rings is 4. The minimum absolute atomic E-state index is 0.0425. The molecule has 0 radical (unpaired) electrons. The van der Waals surface area contributed by atoms with Gasteiger partial charge in [0, 0.05) is 11.4 Å². The number of fused-ring (bicyclic) bond motifs is 1. The van der Waals surface area contributed by atoms with Gasteiger partial charge in [-0.15, -0.1) is 0 Å². The van der Waals surface area contributed by atoms with Crippen molar-refractivity contribution in [3.63, 3.8) is 0 Å². The van der Waals surface area contributed by atoms with Crippen LogP contribution in [0.5, 0.6) is 11.5 Å². The molecule has 1 aliphatic rings. The second-order valence-corrected chi connectivity index (χ2v) is 7.35.